The fraction of sp³-hybridized carbons (Fsp3) is 0.625. The Bertz CT molecular complexity index is 404. The first kappa shape index (κ1) is 11.3. The van der Waals surface area contributed by atoms with Crippen LogP contribution in [0.4, 0.5) is 0 Å². The summed E-state index contributed by atoms with van der Waals surface area (Å²) < 4.78 is 0. The second-order valence-electron chi connectivity index (χ2n) is 6.29. The standard InChI is InChI=1S/C16H22O/c1-11-3-7-14(8-4-11)16(2,17)15-10-12-5-6-13(15)9-12/h3-4,7-8,12-13,15,17H,5-6,9-10H2,1-2H3. The van der Waals surface area contributed by atoms with Crippen LogP contribution in [0.15, 0.2) is 24.3 Å². The first-order chi connectivity index (χ1) is 8.07. The molecule has 0 heterocycles. The van der Waals surface area contributed by atoms with E-state index in [1.165, 1.54) is 31.2 Å². The highest BCUT2D eigenvalue weighted by molar-refractivity contribution is 5.27. The second-order valence-corrected chi connectivity index (χ2v) is 6.29. The van der Waals surface area contributed by atoms with E-state index in [1.807, 2.05) is 6.92 Å². The highest BCUT2D eigenvalue weighted by Crippen LogP contribution is 2.54. The van der Waals surface area contributed by atoms with E-state index >= 15 is 0 Å². The van der Waals surface area contributed by atoms with Gasteiger partial charge in [0.05, 0.1) is 5.60 Å². The molecule has 1 N–H and O–H groups in total. The summed E-state index contributed by atoms with van der Waals surface area (Å²) in [6, 6.07) is 8.41. The van der Waals surface area contributed by atoms with E-state index in [2.05, 4.69) is 31.2 Å². The molecule has 0 aromatic heterocycles. The Hall–Kier alpha value is -0.820. The minimum absolute atomic E-state index is 0.476. The van der Waals surface area contributed by atoms with Gasteiger partial charge in [0.2, 0.25) is 0 Å². The molecule has 92 valence electrons. The molecule has 3 rings (SSSR count). The molecule has 1 heteroatoms. The zero-order chi connectivity index (χ0) is 12.0. The third kappa shape index (κ3) is 1.81. The van der Waals surface area contributed by atoms with Crippen LogP contribution in [0.5, 0.6) is 0 Å². The molecule has 17 heavy (non-hydrogen) atoms. The van der Waals surface area contributed by atoms with Gasteiger partial charge >= 0.3 is 0 Å². The van der Waals surface area contributed by atoms with E-state index in [0.717, 1.165) is 17.4 Å². The second kappa shape index (κ2) is 3.84. The van der Waals surface area contributed by atoms with Gasteiger partial charge in [0.25, 0.3) is 0 Å². The normalized spacial score (nSPS) is 34.9. The Morgan fingerprint density at radius 2 is 1.82 bits per heavy atom. The highest BCUT2D eigenvalue weighted by Gasteiger charge is 2.48. The fourth-order valence-corrected chi connectivity index (χ4v) is 4.04. The molecular formula is C16H22O. The van der Waals surface area contributed by atoms with E-state index in [9.17, 15) is 5.11 Å². The van der Waals surface area contributed by atoms with Crippen LogP contribution < -0.4 is 0 Å². The van der Waals surface area contributed by atoms with Crippen molar-refractivity contribution in [3.63, 3.8) is 0 Å². The Labute approximate surface area is 104 Å². The summed E-state index contributed by atoms with van der Waals surface area (Å²) in [4.78, 5) is 0. The van der Waals surface area contributed by atoms with Crippen LogP contribution in [0.3, 0.4) is 0 Å². The summed E-state index contributed by atoms with van der Waals surface area (Å²) >= 11 is 0. The number of hydrogen-bond acceptors (Lipinski definition) is 1. The number of aliphatic hydroxyl groups is 1. The van der Waals surface area contributed by atoms with Gasteiger partial charge in [-0.25, -0.2) is 0 Å². The van der Waals surface area contributed by atoms with Crippen LogP contribution in [0, 0.1) is 24.7 Å². The lowest BCUT2D eigenvalue weighted by atomic mass is 9.74. The maximum Gasteiger partial charge on any atom is 0.0899 e. The minimum atomic E-state index is -0.631. The van der Waals surface area contributed by atoms with Crippen molar-refractivity contribution in [1.82, 2.24) is 0 Å². The van der Waals surface area contributed by atoms with Gasteiger partial charge < -0.3 is 5.11 Å². The van der Waals surface area contributed by atoms with Gasteiger partial charge in [-0.3, -0.25) is 0 Å². The molecule has 0 aliphatic heterocycles. The molecule has 2 fully saturated rings. The van der Waals surface area contributed by atoms with Crippen LogP contribution in [-0.4, -0.2) is 5.11 Å². The summed E-state index contributed by atoms with van der Waals surface area (Å²) in [5.74, 6) is 2.13. The van der Waals surface area contributed by atoms with Gasteiger partial charge in [-0.05, 0) is 56.4 Å². The number of rotatable bonds is 2. The largest absolute Gasteiger partial charge is 0.385 e. The summed E-state index contributed by atoms with van der Waals surface area (Å²) in [5.41, 5.74) is 1.73. The van der Waals surface area contributed by atoms with E-state index in [0.29, 0.717) is 5.92 Å². The average Bonchev–Trinajstić information content (AvgIpc) is 2.91. The van der Waals surface area contributed by atoms with Crippen molar-refractivity contribution >= 4 is 0 Å². The van der Waals surface area contributed by atoms with Crippen molar-refractivity contribution in [3.05, 3.63) is 35.4 Å². The Morgan fingerprint density at radius 3 is 2.35 bits per heavy atom. The maximum absolute atomic E-state index is 10.9. The fourth-order valence-electron chi connectivity index (χ4n) is 4.04. The lowest BCUT2D eigenvalue weighted by molar-refractivity contribution is -0.0297. The third-order valence-electron chi connectivity index (χ3n) is 5.10. The molecule has 0 amide bonds. The van der Waals surface area contributed by atoms with Crippen LogP contribution in [0.25, 0.3) is 0 Å². The number of aryl methyl sites for hydroxylation is 1. The molecule has 1 aromatic carbocycles. The van der Waals surface area contributed by atoms with Gasteiger partial charge in [0.1, 0.15) is 0 Å². The van der Waals surface area contributed by atoms with Crippen molar-refractivity contribution in [3.8, 4) is 0 Å². The molecule has 0 spiro atoms. The molecule has 0 saturated heterocycles. The maximum atomic E-state index is 10.9. The van der Waals surface area contributed by atoms with Crippen LogP contribution in [0.1, 0.15) is 43.7 Å². The van der Waals surface area contributed by atoms with Crippen molar-refractivity contribution in [2.75, 3.05) is 0 Å². The van der Waals surface area contributed by atoms with E-state index in [1.54, 1.807) is 0 Å². The number of fused-ring (bicyclic) bond motifs is 2. The van der Waals surface area contributed by atoms with E-state index in [4.69, 9.17) is 0 Å². The van der Waals surface area contributed by atoms with Crippen LogP contribution in [0.2, 0.25) is 0 Å². The SMILES string of the molecule is Cc1ccc(C(C)(O)C2CC3CCC2C3)cc1. The van der Waals surface area contributed by atoms with Gasteiger partial charge in [0, 0.05) is 0 Å². The smallest absolute Gasteiger partial charge is 0.0899 e. The Kier molecular flexibility index (Phi) is 2.55. The topological polar surface area (TPSA) is 20.2 Å². The average molecular weight is 230 g/mol. The predicted molar refractivity (Wildman–Crippen MR) is 69.7 cm³/mol. The van der Waals surface area contributed by atoms with Gasteiger partial charge in [0.15, 0.2) is 0 Å². The van der Waals surface area contributed by atoms with Gasteiger partial charge in [-0.15, -0.1) is 0 Å². The summed E-state index contributed by atoms with van der Waals surface area (Å²) in [7, 11) is 0. The van der Waals surface area contributed by atoms with E-state index < -0.39 is 5.60 Å². The van der Waals surface area contributed by atoms with Crippen LogP contribution >= 0.6 is 0 Å². The highest BCUT2D eigenvalue weighted by atomic mass is 16.3. The zero-order valence-electron chi connectivity index (χ0n) is 10.8. The predicted octanol–water partition coefficient (Wildman–Crippen LogP) is 3.64. The molecular weight excluding hydrogens is 208 g/mol. The Balaban J connectivity index is 1.87. The summed E-state index contributed by atoms with van der Waals surface area (Å²) in [6.45, 7) is 4.11. The molecule has 2 aliphatic carbocycles. The molecule has 0 radical (unpaired) electrons. The molecule has 2 saturated carbocycles. The number of benzene rings is 1. The molecule has 1 nitrogen and oxygen atoms in total. The van der Waals surface area contributed by atoms with Crippen LogP contribution in [-0.2, 0) is 5.60 Å². The molecule has 2 bridgehead atoms. The third-order valence-corrected chi connectivity index (χ3v) is 5.10. The van der Waals surface area contributed by atoms with E-state index in [-0.39, 0.29) is 0 Å². The van der Waals surface area contributed by atoms with Crippen molar-refractivity contribution in [2.24, 2.45) is 17.8 Å². The molecule has 4 unspecified atom stereocenters. The van der Waals surface area contributed by atoms with Gasteiger partial charge in [-0.2, -0.15) is 0 Å². The van der Waals surface area contributed by atoms with Gasteiger partial charge in [-0.1, -0.05) is 36.2 Å². The van der Waals surface area contributed by atoms with Crippen molar-refractivity contribution < 1.29 is 5.11 Å². The monoisotopic (exact) mass is 230 g/mol. The quantitative estimate of drug-likeness (QED) is 0.822. The minimum Gasteiger partial charge on any atom is -0.385 e. The Morgan fingerprint density at radius 1 is 1.12 bits per heavy atom. The molecule has 1 aromatic rings. The van der Waals surface area contributed by atoms with Crippen molar-refractivity contribution in [2.45, 2.75) is 45.1 Å². The lowest BCUT2D eigenvalue weighted by Crippen LogP contribution is -2.35. The molecule has 4 atom stereocenters. The first-order valence-corrected chi connectivity index (χ1v) is 6.87. The number of hydrogen-bond donors (Lipinski definition) is 1. The van der Waals surface area contributed by atoms with Crippen molar-refractivity contribution in [1.29, 1.82) is 0 Å². The zero-order valence-corrected chi connectivity index (χ0v) is 10.8. The lowest BCUT2D eigenvalue weighted by Gasteiger charge is -2.36. The first-order valence-electron chi connectivity index (χ1n) is 6.87. The summed E-state index contributed by atoms with van der Waals surface area (Å²) in [6.07, 6.45) is 5.31. The molecule has 2 aliphatic rings. The summed E-state index contributed by atoms with van der Waals surface area (Å²) in [5, 5.41) is 10.9.